The summed E-state index contributed by atoms with van der Waals surface area (Å²) in [4.78, 5) is 6.24. The van der Waals surface area contributed by atoms with E-state index in [0.717, 1.165) is 37.7 Å². The lowest BCUT2D eigenvalue weighted by molar-refractivity contribution is 0.0532. The van der Waals surface area contributed by atoms with Gasteiger partial charge in [0.1, 0.15) is 5.82 Å². The first-order chi connectivity index (χ1) is 7.15. The fraction of sp³-hybridized carbons (Fsp3) is 0.583. The highest BCUT2D eigenvalue weighted by Crippen LogP contribution is 2.15. The normalized spacial score (nSPS) is 18.1. The van der Waals surface area contributed by atoms with Crippen molar-refractivity contribution in [2.75, 3.05) is 26.3 Å². The Balaban J connectivity index is 2.68. The van der Waals surface area contributed by atoms with Gasteiger partial charge in [-0.1, -0.05) is 20.4 Å². The van der Waals surface area contributed by atoms with Gasteiger partial charge in [0.2, 0.25) is 0 Å². The van der Waals surface area contributed by atoms with E-state index in [1.54, 1.807) is 0 Å². The van der Waals surface area contributed by atoms with Gasteiger partial charge in [-0.05, 0) is 24.3 Å². The fourth-order valence-electron chi connectivity index (χ4n) is 1.36. The topological polar surface area (TPSA) is 24.8 Å². The molecule has 84 valence electrons. The molecule has 1 aliphatic rings. The summed E-state index contributed by atoms with van der Waals surface area (Å²) in [5, 5.41) is 0. The van der Waals surface area contributed by atoms with Gasteiger partial charge in [-0.25, -0.2) is 4.99 Å². The van der Waals surface area contributed by atoms with E-state index in [0.29, 0.717) is 5.92 Å². The summed E-state index contributed by atoms with van der Waals surface area (Å²) < 4.78 is 5.29. The van der Waals surface area contributed by atoms with Crippen molar-refractivity contribution in [1.29, 1.82) is 0 Å². The molecule has 0 aromatic heterocycles. The lowest BCUT2D eigenvalue weighted by Crippen LogP contribution is -2.35. The Labute approximate surface area is 92.1 Å². The van der Waals surface area contributed by atoms with Crippen LogP contribution < -0.4 is 0 Å². The average Bonchev–Trinajstić information content (AvgIpc) is 2.26. The van der Waals surface area contributed by atoms with Crippen molar-refractivity contribution >= 4 is 6.72 Å². The van der Waals surface area contributed by atoms with Gasteiger partial charge in [0.15, 0.2) is 0 Å². The van der Waals surface area contributed by atoms with Crippen molar-refractivity contribution in [2.45, 2.75) is 13.8 Å². The molecule has 0 saturated carbocycles. The molecule has 0 aromatic rings. The van der Waals surface area contributed by atoms with Crippen LogP contribution in [0.5, 0.6) is 0 Å². The number of rotatable bonds is 4. The van der Waals surface area contributed by atoms with E-state index in [9.17, 15) is 0 Å². The van der Waals surface area contributed by atoms with E-state index in [1.807, 2.05) is 6.08 Å². The molecule has 0 amide bonds. The van der Waals surface area contributed by atoms with E-state index in [1.165, 1.54) is 0 Å². The Hall–Kier alpha value is -1.09. The van der Waals surface area contributed by atoms with Crippen molar-refractivity contribution in [1.82, 2.24) is 4.90 Å². The zero-order chi connectivity index (χ0) is 11.3. The average molecular weight is 208 g/mol. The maximum absolute atomic E-state index is 5.29. The van der Waals surface area contributed by atoms with Gasteiger partial charge in [0, 0.05) is 13.1 Å². The lowest BCUT2D eigenvalue weighted by atomic mass is 10.1. The fourth-order valence-corrected chi connectivity index (χ4v) is 1.36. The summed E-state index contributed by atoms with van der Waals surface area (Å²) in [6.45, 7) is 15.2. The molecule has 15 heavy (non-hydrogen) atoms. The molecule has 1 rings (SSSR count). The van der Waals surface area contributed by atoms with Gasteiger partial charge in [-0.3, -0.25) is 0 Å². The molecule has 0 aliphatic carbocycles. The quantitative estimate of drug-likeness (QED) is 0.522. The van der Waals surface area contributed by atoms with Crippen LogP contribution in [0.2, 0.25) is 0 Å². The highest BCUT2D eigenvalue weighted by Gasteiger charge is 2.12. The Morgan fingerprint density at radius 3 is 2.47 bits per heavy atom. The van der Waals surface area contributed by atoms with Crippen LogP contribution >= 0.6 is 0 Å². The van der Waals surface area contributed by atoms with Crippen LogP contribution in [0.3, 0.4) is 0 Å². The first-order valence-corrected chi connectivity index (χ1v) is 5.35. The molecule has 1 saturated heterocycles. The van der Waals surface area contributed by atoms with Gasteiger partial charge in [-0.2, -0.15) is 0 Å². The maximum atomic E-state index is 5.29. The van der Waals surface area contributed by atoms with Crippen LogP contribution in [0.1, 0.15) is 13.8 Å². The number of morpholine rings is 1. The number of allylic oxidation sites excluding steroid dienone is 2. The smallest absolute Gasteiger partial charge is 0.128 e. The monoisotopic (exact) mass is 208 g/mol. The Morgan fingerprint density at radius 2 is 2.00 bits per heavy atom. The number of nitrogens with zero attached hydrogens (tertiary/aromatic N) is 2. The van der Waals surface area contributed by atoms with Crippen LogP contribution in [-0.4, -0.2) is 37.9 Å². The third kappa shape index (κ3) is 3.51. The van der Waals surface area contributed by atoms with Gasteiger partial charge in [0.25, 0.3) is 0 Å². The summed E-state index contributed by atoms with van der Waals surface area (Å²) in [5.41, 5.74) is 1.09. The third-order valence-corrected chi connectivity index (χ3v) is 2.55. The molecule has 0 atom stereocenters. The third-order valence-electron chi connectivity index (χ3n) is 2.55. The Bertz CT molecular complexity index is 263. The van der Waals surface area contributed by atoms with Crippen molar-refractivity contribution in [2.24, 2.45) is 10.9 Å². The predicted molar refractivity (Wildman–Crippen MR) is 64.0 cm³/mol. The first kappa shape index (κ1) is 12.0. The molecule has 1 heterocycles. The molecule has 0 unspecified atom stereocenters. The minimum absolute atomic E-state index is 0.447. The Morgan fingerprint density at radius 1 is 1.40 bits per heavy atom. The van der Waals surface area contributed by atoms with Crippen LogP contribution in [0.15, 0.2) is 29.0 Å². The first-order valence-electron chi connectivity index (χ1n) is 5.35. The largest absolute Gasteiger partial charge is 0.378 e. The molecular formula is C12H20N2O. The SMILES string of the molecule is C=N/C(=C\C(=C)C(C)C)N1CCOCC1. The summed E-state index contributed by atoms with van der Waals surface area (Å²) in [5.74, 6) is 1.36. The second kappa shape index (κ2) is 5.71. The highest BCUT2D eigenvalue weighted by molar-refractivity contribution is 5.32. The zero-order valence-corrected chi connectivity index (χ0v) is 9.70. The molecule has 3 heteroatoms. The molecule has 1 aliphatic heterocycles. The van der Waals surface area contributed by atoms with Crippen molar-refractivity contribution in [3.05, 3.63) is 24.0 Å². The van der Waals surface area contributed by atoms with Gasteiger partial charge in [-0.15, -0.1) is 0 Å². The number of hydrogen-bond acceptors (Lipinski definition) is 3. The summed E-state index contributed by atoms with van der Waals surface area (Å²) in [6, 6.07) is 0. The van der Waals surface area contributed by atoms with Crippen molar-refractivity contribution in [3.63, 3.8) is 0 Å². The van der Waals surface area contributed by atoms with Gasteiger partial charge >= 0.3 is 0 Å². The van der Waals surface area contributed by atoms with E-state index >= 15 is 0 Å². The summed E-state index contributed by atoms with van der Waals surface area (Å²) >= 11 is 0. The molecule has 0 spiro atoms. The number of ether oxygens (including phenoxy) is 1. The standard InChI is InChI=1S/C12H20N2O/c1-10(2)11(3)9-12(13-4)14-5-7-15-8-6-14/h9-10H,3-8H2,1-2H3/b12-9+. The van der Waals surface area contributed by atoms with E-state index in [-0.39, 0.29) is 0 Å². The van der Waals surface area contributed by atoms with Crippen molar-refractivity contribution < 1.29 is 4.74 Å². The molecule has 1 fully saturated rings. The summed E-state index contributed by atoms with van der Waals surface area (Å²) in [7, 11) is 0. The maximum Gasteiger partial charge on any atom is 0.128 e. The minimum Gasteiger partial charge on any atom is -0.378 e. The van der Waals surface area contributed by atoms with Crippen LogP contribution in [0.25, 0.3) is 0 Å². The van der Waals surface area contributed by atoms with Gasteiger partial charge in [0.05, 0.1) is 13.2 Å². The van der Waals surface area contributed by atoms with Crippen LogP contribution in [0.4, 0.5) is 0 Å². The Kier molecular flexibility index (Phi) is 4.56. The minimum atomic E-state index is 0.447. The highest BCUT2D eigenvalue weighted by atomic mass is 16.5. The number of aliphatic imine (C=N–C) groups is 1. The van der Waals surface area contributed by atoms with Crippen LogP contribution in [-0.2, 0) is 4.74 Å². The van der Waals surface area contributed by atoms with Gasteiger partial charge < -0.3 is 9.64 Å². The molecule has 0 aromatic carbocycles. The molecular weight excluding hydrogens is 188 g/mol. The zero-order valence-electron chi connectivity index (χ0n) is 9.70. The van der Waals surface area contributed by atoms with Crippen molar-refractivity contribution in [3.8, 4) is 0 Å². The second-order valence-corrected chi connectivity index (χ2v) is 3.99. The molecule has 0 N–H and O–H groups in total. The second-order valence-electron chi connectivity index (χ2n) is 3.99. The van der Waals surface area contributed by atoms with E-state index in [2.05, 4.69) is 37.0 Å². The molecule has 3 nitrogen and oxygen atoms in total. The lowest BCUT2D eigenvalue weighted by Gasteiger charge is -2.29. The molecule has 0 bridgehead atoms. The molecule has 0 radical (unpaired) electrons. The van der Waals surface area contributed by atoms with Crippen LogP contribution in [0, 0.1) is 5.92 Å². The van der Waals surface area contributed by atoms with E-state index < -0.39 is 0 Å². The number of hydrogen-bond donors (Lipinski definition) is 0. The van der Waals surface area contributed by atoms with E-state index in [4.69, 9.17) is 4.74 Å². The summed E-state index contributed by atoms with van der Waals surface area (Å²) in [6.07, 6.45) is 2.02. The predicted octanol–water partition coefficient (Wildman–Crippen LogP) is 2.07.